The Labute approximate surface area is 133 Å². The zero-order chi connectivity index (χ0) is 15.1. The van der Waals surface area contributed by atoms with E-state index < -0.39 is 0 Å². The van der Waals surface area contributed by atoms with E-state index in [0.717, 1.165) is 24.3 Å². The Balaban J connectivity index is 2.04. The molecule has 0 saturated carbocycles. The van der Waals surface area contributed by atoms with Crippen LogP contribution in [0.1, 0.15) is 56.8 Å². The molecule has 116 valence electrons. The van der Waals surface area contributed by atoms with Gasteiger partial charge in [-0.1, -0.05) is 45.1 Å². The number of benzene rings is 1. The van der Waals surface area contributed by atoms with Crippen LogP contribution in [0.5, 0.6) is 0 Å². The zero-order valence-corrected chi connectivity index (χ0v) is 14.1. The summed E-state index contributed by atoms with van der Waals surface area (Å²) in [7, 11) is 0. The molecule has 0 saturated heterocycles. The first kappa shape index (κ1) is 16.4. The number of hydrogen-bond donors (Lipinski definition) is 0. The van der Waals surface area contributed by atoms with Crippen molar-refractivity contribution in [1.29, 1.82) is 0 Å². The van der Waals surface area contributed by atoms with E-state index in [1.807, 2.05) is 0 Å². The largest absolute Gasteiger partial charge is 0.328 e. The third-order valence-corrected chi connectivity index (χ3v) is 4.23. The molecule has 2 rings (SSSR count). The number of fused-ring (bicyclic) bond motifs is 1. The molecule has 3 heteroatoms. The predicted octanol–water partition coefficient (Wildman–Crippen LogP) is 5.49. The molecule has 1 heterocycles. The number of halogens is 1. The van der Waals surface area contributed by atoms with Gasteiger partial charge in [0.2, 0.25) is 0 Å². The molecule has 0 amide bonds. The Hall–Kier alpha value is -1.02. The molecule has 2 aromatic rings. The van der Waals surface area contributed by atoms with Crippen LogP contribution in [-0.4, -0.2) is 15.4 Å². The molecular weight excluding hydrogens is 280 g/mol. The highest BCUT2D eigenvalue weighted by Crippen LogP contribution is 2.20. The summed E-state index contributed by atoms with van der Waals surface area (Å²) in [5, 5.41) is 0. The minimum Gasteiger partial charge on any atom is -0.328 e. The fourth-order valence-corrected chi connectivity index (χ4v) is 3.03. The van der Waals surface area contributed by atoms with E-state index in [1.54, 1.807) is 0 Å². The number of alkyl halides is 1. The normalized spacial score (nSPS) is 11.4. The molecule has 21 heavy (non-hydrogen) atoms. The van der Waals surface area contributed by atoms with E-state index >= 15 is 0 Å². The second kappa shape index (κ2) is 8.43. The fourth-order valence-electron chi connectivity index (χ4n) is 2.86. The van der Waals surface area contributed by atoms with Gasteiger partial charge >= 0.3 is 0 Å². The van der Waals surface area contributed by atoms with Crippen molar-refractivity contribution < 1.29 is 0 Å². The van der Waals surface area contributed by atoms with Crippen LogP contribution in [0.2, 0.25) is 0 Å². The first-order chi connectivity index (χ1) is 10.3. The average molecular weight is 307 g/mol. The molecule has 0 N–H and O–H groups in total. The molecule has 0 unspecified atom stereocenters. The number of rotatable bonds is 9. The second-order valence-electron chi connectivity index (χ2n) is 5.88. The first-order valence-corrected chi connectivity index (χ1v) is 8.81. The molecule has 0 aliphatic rings. The van der Waals surface area contributed by atoms with Crippen molar-refractivity contribution in [2.45, 2.75) is 65.3 Å². The molecular formula is C18H27ClN2. The van der Waals surface area contributed by atoms with Gasteiger partial charge in [0.05, 0.1) is 11.0 Å². The Bertz CT molecular complexity index is 560. The first-order valence-electron chi connectivity index (χ1n) is 8.28. The van der Waals surface area contributed by atoms with E-state index in [1.165, 1.54) is 49.6 Å². The molecule has 1 aromatic carbocycles. The monoisotopic (exact) mass is 306 g/mol. The maximum absolute atomic E-state index is 5.93. The lowest BCUT2D eigenvalue weighted by Crippen LogP contribution is -2.05. The van der Waals surface area contributed by atoms with Gasteiger partial charge in [0.1, 0.15) is 5.82 Å². The third kappa shape index (κ3) is 4.47. The molecule has 2 nitrogen and oxygen atoms in total. The summed E-state index contributed by atoms with van der Waals surface area (Å²) in [5.74, 6) is 1.78. The lowest BCUT2D eigenvalue weighted by molar-refractivity contribution is 0.554. The van der Waals surface area contributed by atoms with E-state index in [0.29, 0.717) is 5.88 Å². The van der Waals surface area contributed by atoms with E-state index in [2.05, 4.69) is 36.6 Å². The van der Waals surface area contributed by atoms with Gasteiger partial charge in [-0.25, -0.2) is 4.98 Å². The van der Waals surface area contributed by atoms with Gasteiger partial charge in [-0.2, -0.15) is 0 Å². The van der Waals surface area contributed by atoms with Crippen LogP contribution in [0.15, 0.2) is 18.2 Å². The predicted molar refractivity (Wildman–Crippen MR) is 92.3 cm³/mol. The number of hydrogen-bond acceptors (Lipinski definition) is 1. The van der Waals surface area contributed by atoms with Crippen molar-refractivity contribution in [2.24, 2.45) is 0 Å². The topological polar surface area (TPSA) is 17.8 Å². The average Bonchev–Trinajstić information content (AvgIpc) is 2.80. The summed E-state index contributed by atoms with van der Waals surface area (Å²) < 4.78 is 2.37. The minimum absolute atomic E-state index is 0.638. The molecule has 1 aromatic heterocycles. The summed E-state index contributed by atoms with van der Waals surface area (Å²) in [5.41, 5.74) is 3.64. The van der Waals surface area contributed by atoms with Crippen LogP contribution in [-0.2, 0) is 13.0 Å². The van der Waals surface area contributed by atoms with Gasteiger partial charge in [0.25, 0.3) is 0 Å². The number of unbranched alkanes of at least 4 members (excludes halogenated alkanes) is 5. The highest BCUT2D eigenvalue weighted by molar-refractivity contribution is 6.17. The summed E-state index contributed by atoms with van der Waals surface area (Å²) in [4.78, 5) is 4.77. The highest BCUT2D eigenvalue weighted by Gasteiger charge is 2.10. The zero-order valence-electron chi connectivity index (χ0n) is 13.4. The lowest BCUT2D eigenvalue weighted by Gasteiger charge is -2.08. The van der Waals surface area contributed by atoms with E-state index in [9.17, 15) is 0 Å². The SMILES string of the molecule is CCCCCCCCn1c(CCCl)nc2cc(C)ccc21. The molecule has 0 fully saturated rings. The number of nitrogens with zero attached hydrogens (tertiary/aromatic N) is 2. The Morgan fingerprint density at radius 2 is 1.86 bits per heavy atom. The van der Waals surface area contributed by atoms with Crippen molar-refractivity contribution >= 4 is 22.6 Å². The molecule has 0 bridgehead atoms. The standard InChI is InChI=1S/C18H27ClN2/c1-3-4-5-6-7-8-13-21-17-10-9-15(2)14-16(17)20-18(21)11-12-19/h9-10,14H,3-8,11-13H2,1-2H3. The van der Waals surface area contributed by atoms with Crippen molar-refractivity contribution in [1.82, 2.24) is 9.55 Å². The molecule has 0 aliphatic heterocycles. The molecule has 0 aliphatic carbocycles. The lowest BCUT2D eigenvalue weighted by atomic mass is 10.1. The maximum atomic E-state index is 5.93. The minimum atomic E-state index is 0.638. The van der Waals surface area contributed by atoms with Crippen LogP contribution in [0, 0.1) is 6.92 Å². The number of imidazole rings is 1. The van der Waals surface area contributed by atoms with Crippen molar-refractivity contribution in [3.63, 3.8) is 0 Å². The fraction of sp³-hybridized carbons (Fsp3) is 0.611. The molecule has 0 radical (unpaired) electrons. The van der Waals surface area contributed by atoms with Gasteiger partial charge in [0, 0.05) is 18.8 Å². The van der Waals surface area contributed by atoms with Crippen LogP contribution < -0.4 is 0 Å². The Kier molecular flexibility index (Phi) is 6.56. The summed E-state index contributed by atoms with van der Waals surface area (Å²) in [6.45, 7) is 5.45. The van der Waals surface area contributed by atoms with Crippen LogP contribution in [0.3, 0.4) is 0 Å². The second-order valence-corrected chi connectivity index (χ2v) is 6.26. The van der Waals surface area contributed by atoms with Crippen LogP contribution in [0.4, 0.5) is 0 Å². The van der Waals surface area contributed by atoms with Crippen molar-refractivity contribution in [2.75, 3.05) is 5.88 Å². The van der Waals surface area contributed by atoms with Gasteiger partial charge in [-0.05, 0) is 31.0 Å². The Morgan fingerprint density at radius 3 is 2.62 bits per heavy atom. The third-order valence-electron chi connectivity index (χ3n) is 4.04. The summed E-state index contributed by atoms with van der Waals surface area (Å²) in [6.07, 6.45) is 8.80. The summed E-state index contributed by atoms with van der Waals surface area (Å²) in [6, 6.07) is 6.55. The van der Waals surface area contributed by atoms with Crippen LogP contribution in [0.25, 0.3) is 11.0 Å². The Morgan fingerprint density at radius 1 is 1.10 bits per heavy atom. The summed E-state index contributed by atoms with van der Waals surface area (Å²) >= 11 is 5.93. The van der Waals surface area contributed by atoms with E-state index in [4.69, 9.17) is 16.6 Å². The number of aromatic nitrogens is 2. The van der Waals surface area contributed by atoms with Gasteiger partial charge in [0.15, 0.2) is 0 Å². The van der Waals surface area contributed by atoms with E-state index in [-0.39, 0.29) is 0 Å². The van der Waals surface area contributed by atoms with Crippen LogP contribution >= 0.6 is 11.6 Å². The molecule has 0 atom stereocenters. The van der Waals surface area contributed by atoms with Gasteiger partial charge in [-0.3, -0.25) is 0 Å². The number of aryl methyl sites for hydroxylation is 3. The quantitative estimate of drug-likeness (QED) is 0.442. The van der Waals surface area contributed by atoms with Gasteiger partial charge < -0.3 is 4.57 Å². The smallest absolute Gasteiger partial charge is 0.111 e. The molecule has 0 spiro atoms. The maximum Gasteiger partial charge on any atom is 0.111 e. The van der Waals surface area contributed by atoms with Crippen molar-refractivity contribution in [3.05, 3.63) is 29.6 Å². The highest BCUT2D eigenvalue weighted by atomic mass is 35.5. The van der Waals surface area contributed by atoms with Crippen molar-refractivity contribution in [3.8, 4) is 0 Å². The van der Waals surface area contributed by atoms with Gasteiger partial charge in [-0.15, -0.1) is 11.6 Å².